The molecule has 1 saturated carbocycles. The van der Waals surface area contributed by atoms with Crippen molar-refractivity contribution in [1.82, 2.24) is 5.32 Å². The molecule has 154 valence electrons. The van der Waals surface area contributed by atoms with E-state index in [4.69, 9.17) is 0 Å². The summed E-state index contributed by atoms with van der Waals surface area (Å²) in [5, 5.41) is 3.46. The largest absolute Gasteiger partial charge is 0.353 e. The molecule has 0 bridgehead atoms. The summed E-state index contributed by atoms with van der Waals surface area (Å²) in [5.74, 6) is -0.586. The molecule has 0 atom stereocenters. The molecule has 1 N–H and O–H groups in total. The monoisotopic (exact) mass is 423 g/mol. The standard InChI is InChI=1S/C23H22FN3O2S/c24-17-10-12-19(13-11-17)27-22(29)20(14-16-6-2-1-3-7-16)26-23(27)30-15-21(28)25-18-8-4-5-9-18/h1-3,6-7,10-14,18H,4-5,8-9,15H2,(H,25,28). The summed E-state index contributed by atoms with van der Waals surface area (Å²) in [6, 6.07) is 15.4. The van der Waals surface area contributed by atoms with Crippen molar-refractivity contribution < 1.29 is 14.0 Å². The van der Waals surface area contributed by atoms with Crippen LogP contribution in [0.2, 0.25) is 0 Å². The van der Waals surface area contributed by atoms with E-state index in [2.05, 4.69) is 10.3 Å². The van der Waals surface area contributed by atoms with Gasteiger partial charge in [-0.1, -0.05) is 54.9 Å². The minimum absolute atomic E-state index is 0.0680. The molecule has 0 radical (unpaired) electrons. The molecule has 2 aliphatic rings. The number of hydrogen-bond acceptors (Lipinski definition) is 4. The molecule has 2 amide bonds. The molecule has 1 aliphatic heterocycles. The summed E-state index contributed by atoms with van der Waals surface area (Å²) < 4.78 is 13.4. The van der Waals surface area contributed by atoms with Crippen LogP contribution in [0.4, 0.5) is 10.1 Å². The second-order valence-electron chi connectivity index (χ2n) is 7.29. The molecule has 1 aliphatic carbocycles. The molecule has 0 saturated heterocycles. The number of anilines is 1. The maximum absolute atomic E-state index is 13.4. The number of aliphatic imine (C=N–C) groups is 1. The van der Waals surface area contributed by atoms with Crippen LogP contribution >= 0.6 is 11.8 Å². The maximum atomic E-state index is 13.4. The van der Waals surface area contributed by atoms with Crippen LogP contribution in [0.3, 0.4) is 0 Å². The molecule has 2 aromatic rings. The smallest absolute Gasteiger partial charge is 0.283 e. The Labute approximate surface area is 179 Å². The number of thioether (sulfide) groups is 1. The van der Waals surface area contributed by atoms with Gasteiger partial charge in [0.25, 0.3) is 5.91 Å². The number of carbonyl (C=O) groups excluding carboxylic acids is 2. The molecule has 5 nitrogen and oxygen atoms in total. The van der Waals surface area contributed by atoms with Crippen LogP contribution in [0.5, 0.6) is 0 Å². The van der Waals surface area contributed by atoms with Crippen LogP contribution in [0, 0.1) is 5.82 Å². The van der Waals surface area contributed by atoms with Gasteiger partial charge in [0.1, 0.15) is 11.5 Å². The van der Waals surface area contributed by atoms with Crippen molar-refractivity contribution in [2.75, 3.05) is 10.7 Å². The molecule has 30 heavy (non-hydrogen) atoms. The Hall–Kier alpha value is -2.93. The summed E-state index contributed by atoms with van der Waals surface area (Å²) in [6.07, 6.45) is 6.03. The molecule has 0 aromatic heterocycles. The molecule has 2 aromatic carbocycles. The molecule has 0 spiro atoms. The summed E-state index contributed by atoms with van der Waals surface area (Å²) in [7, 11) is 0. The van der Waals surface area contributed by atoms with Gasteiger partial charge in [-0.05, 0) is 48.7 Å². The van der Waals surface area contributed by atoms with E-state index in [0.29, 0.717) is 10.9 Å². The van der Waals surface area contributed by atoms with Crippen LogP contribution in [0.1, 0.15) is 31.2 Å². The van der Waals surface area contributed by atoms with Gasteiger partial charge in [-0.3, -0.25) is 14.5 Å². The van der Waals surface area contributed by atoms with E-state index in [1.54, 1.807) is 6.08 Å². The fourth-order valence-electron chi connectivity index (χ4n) is 3.59. The predicted octanol–water partition coefficient (Wildman–Crippen LogP) is 4.36. The Morgan fingerprint density at radius 3 is 2.53 bits per heavy atom. The van der Waals surface area contributed by atoms with Crippen LogP contribution in [0.15, 0.2) is 65.3 Å². The summed E-state index contributed by atoms with van der Waals surface area (Å²) in [4.78, 5) is 31.3. The Kier molecular flexibility index (Phi) is 6.28. The molecule has 0 unspecified atom stereocenters. The van der Waals surface area contributed by atoms with E-state index in [1.807, 2.05) is 30.3 Å². The van der Waals surface area contributed by atoms with Crippen LogP contribution in [-0.4, -0.2) is 28.8 Å². The SMILES string of the molecule is O=C(CSC1=NC(=Cc2ccccc2)C(=O)N1c1ccc(F)cc1)NC1CCCC1. The Balaban J connectivity index is 1.55. The lowest BCUT2D eigenvalue weighted by Crippen LogP contribution is -2.35. The zero-order valence-electron chi connectivity index (χ0n) is 16.4. The van der Waals surface area contributed by atoms with E-state index in [-0.39, 0.29) is 35.1 Å². The lowest BCUT2D eigenvalue weighted by molar-refractivity contribution is -0.119. The van der Waals surface area contributed by atoms with E-state index >= 15 is 0 Å². The van der Waals surface area contributed by atoms with Gasteiger partial charge in [0.05, 0.1) is 11.4 Å². The van der Waals surface area contributed by atoms with Crippen molar-refractivity contribution in [2.45, 2.75) is 31.7 Å². The first-order valence-corrected chi connectivity index (χ1v) is 11.0. The normalized spacial score (nSPS) is 18.2. The summed E-state index contributed by atoms with van der Waals surface area (Å²) in [6.45, 7) is 0. The summed E-state index contributed by atoms with van der Waals surface area (Å²) in [5.41, 5.74) is 1.65. The van der Waals surface area contributed by atoms with Crippen molar-refractivity contribution >= 4 is 40.5 Å². The molecule has 1 heterocycles. The van der Waals surface area contributed by atoms with E-state index < -0.39 is 0 Å². The first kappa shape index (κ1) is 20.3. The van der Waals surface area contributed by atoms with Gasteiger partial charge in [-0.15, -0.1) is 0 Å². The first-order valence-electron chi connectivity index (χ1n) is 9.98. The number of amides is 2. The van der Waals surface area contributed by atoms with Crippen molar-refractivity contribution in [2.24, 2.45) is 4.99 Å². The quantitative estimate of drug-likeness (QED) is 0.727. The van der Waals surface area contributed by atoms with Gasteiger partial charge in [0.15, 0.2) is 5.17 Å². The number of carbonyl (C=O) groups is 2. The number of benzene rings is 2. The van der Waals surface area contributed by atoms with Crippen molar-refractivity contribution in [3.05, 3.63) is 71.7 Å². The number of nitrogens with one attached hydrogen (secondary N) is 1. The highest BCUT2D eigenvalue weighted by molar-refractivity contribution is 8.14. The van der Waals surface area contributed by atoms with Crippen LogP contribution in [0.25, 0.3) is 6.08 Å². The minimum Gasteiger partial charge on any atom is -0.353 e. The third kappa shape index (κ3) is 4.79. The first-order chi connectivity index (χ1) is 14.6. The third-order valence-corrected chi connectivity index (χ3v) is 6.01. The third-order valence-electron chi connectivity index (χ3n) is 5.07. The number of hydrogen-bond donors (Lipinski definition) is 1. The van der Waals surface area contributed by atoms with Gasteiger partial charge >= 0.3 is 0 Å². The van der Waals surface area contributed by atoms with Crippen LogP contribution in [-0.2, 0) is 9.59 Å². The fourth-order valence-corrected chi connectivity index (χ4v) is 4.41. The summed E-state index contributed by atoms with van der Waals surface area (Å²) >= 11 is 1.21. The second-order valence-corrected chi connectivity index (χ2v) is 8.23. The van der Waals surface area contributed by atoms with Gasteiger partial charge in [0.2, 0.25) is 5.91 Å². The van der Waals surface area contributed by atoms with Gasteiger partial charge in [-0.25, -0.2) is 9.38 Å². The molecular formula is C23H22FN3O2S. The topological polar surface area (TPSA) is 61.8 Å². The van der Waals surface area contributed by atoms with Crippen molar-refractivity contribution in [1.29, 1.82) is 0 Å². The van der Waals surface area contributed by atoms with E-state index in [9.17, 15) is 14.0 Å². The average molecular weight is 424 g/mol. The molecule has 7 heteroatoms. The van der Waals surface area contributed by atoms with Crippen molar-refractivity contribution in [3.8, 4) is 0 Å². The zero-order chi connectivity index (χ0) is 20.9. The van der Waals surface area contributed by atoms with Gasteiger partial charge < -0.3 is 5.32 Å². The maximum Gasteiger partial charge on any atom is 0.283 e. The second kappa shape index (κ2) is 9.26. The zero-order valence-corrected chi connectivity index (χ0v) is 17.2. The molecule has 1 fully saturated rings. The molecule has 4 rings (SSSR count). The predicted molar refractivity (Wildman–Crippen MR) is 119 cm³/mol. The molecular weight excluding hydrogens is 401 g/mol. The lowest BCUT2D eigenvalue weighted by atomic mass is 10.2. The number of amidine groups is 1. The highest BCUT2D eigenvalue weighted by atomic mass is 32.2. The van der Waals surface area contributed by atoms with Gasteiger partial charge in [0, 0.05) is 6.04 Å². The highest BCUT2D eigenvalue weighted by Gasteiger charge is 2.32. The number of nitrogens with zero attached hydrogens (tertiary/aromatic N) is 2. The Morgan fingerprint density at radius 1 is 1.13 bits per heavy atom. The highest BCUT2D eigenvalue weighted by Crippen LogP contribution is 2.29. The number of halogens is 1. The Bertz CT molecular complexity index is 983. The fraction of sp³-hybridized carbons (Fsp3) is 0.261. The van der Waals surface area contributed by atoms with Gasteiger partial charge in [-0.2, -0.15) is 0 Å². The minimum atomic E-state index is -0.382. The Morgan fingerprint density at radius 2 is 1.83 bits per heavy atom. The number of rotatable bonds is 5. The lowest BCUT2D eigenvalue weighted by Gasteiger charge is -2.18. The van der Waals surface area contributed by atoms with E-state index in [0.717, 1.165) is 31.2 Å². The van der Waals surface area contributed by atoms with Crippen molar-refractivity contribution in [3.63, 3.8) is 0 Å². The average Bonchev–Trinajstić information content (AvgIpc) is 3.36. The van der Waals surface area contributed by atoms with Crippen LogP contribution < -0.4 is 10.2 Å². The van der Waals surface area contributed by atoms with E-state index in [1.165, 1.54) is 40.9 Å².